The summed E-state index contributed by atoms with van der Waals surface area (Å²) in [7, 11) is 0. The van der Waals surface area contributed by atoms with Gasteiger partial charge in [-0.15, -0.1) is 0 Å². The van der Waals surface area contributed by atoms with Crippen LogP contribution in [0.15, 0.2) is 24.3 Å². The van der Waals surface area contributed by atoms with E-state index in [4.69, 9.17) is 4.74 Å². The molecule has 1 aromatic carbocycles. The van der Waals surface area contributed by atoms with Crippen molar-refractivity contribution in [3.8, 4) is 5.75 Å². The largest absolute Gasteiger partial charge is 1.00 e. The first kappa shape index (κ1) is 24.2. The molecule has 1 aromatic rings. The van der Waals surface area contributed by atoms with Gasteiger partial charge in [-0.3, -0.25) is 4.79 Å². The second kappa shape index (κ2) is 14.3. The number of carbonyl (C=O) groups is 2. The molecule has 0 saturated carbocycles. The van der Waals surface area contributed by atoms with Gasteiger partial charge in [0.25, 0.3) is 0 Å². The van der Waals surface area contributed by atoms with Crippen molar-refractivity contribution in [3.05, 3.63) is 29.8 Å². The van der Waals surface area contributed by atoms with Gasteiger partial charge in [-0.2, -0.15) is 0 Å². The standard InChI is InChI=1S/C20H30O4.Na/c1-3-5-6-7-8-9-11-19(20(22)23)24-17-14-12-16(13-15-17)18(21)10-4-2;/h12-15,19H,3-11H2,1-2H3,(H,22,23);/q;+1/p-1. The van der Waals surface area contributed by atoms with Crippen molar-refractivity contribution < 1.29 is 49.0 Å². The Morgan fingerprint density at radius 3 is 2.12 bits per heavy atom. The molecular formula is C20H29NaO4. The van der Waals surface area contributed by atoms with Gasteiger partial charge in [0.05, 0.1) is 5.97 Å². The molecule has 1 rings (SSSR count). The van der Waals surface area contributed by atoms with Crippen molar-refractivity contribution in [2.75, 3.05) is 0 Å². The van der Waals surface area contributed by atoms with Crippen LogP contribution in [-0.4, -0.2) is 17.9 Å². The van der Waals surface area contributed by atoms with E-state index in [2.05, 4.69) is 6.92 Å². The van der Waals surface area contributed by atoms with Gasteiger partial charge in [0, 0.05) is 12.0 Å². The molecule has 0 aliphatic heterocycles. The minimum absolute atomic E-state index is 0. The topological polar surface area (TPSA) is 66.4 Å². The summed E-state index contributed by atoms with van der Waals surface area (Å²) >= 11 is 0. The molecule has 25 heavy (non-hydrogen) atoms. The van der Waals surface area contributed by atoms with E-state index in [1.165, 1.54) is 19.3 Å². The number of ketones is 1. The van der Waals surface area contributed by atoms with Crippen molar-refractivity contribution in [3.63, 3.8) is 0 Å². The van der Waals surface area contributed by atoms with Gasteiger partial charge in [-0.1, -0.05) is 46.0 Å². The summed E-state index contributed by atoms with van der Waals surface area (Å²) < 4.78 is 5.52. The molecule has 0 N–H and O–H groups in total. The monoisotopic (exact) mass is 356 g/mol. The Morgan fingerprint density at radius 2 is 1.56 bits per heavy atom. The maximum atomic E-state index is 11.8. The maximum absolute atomic E-state index is 11.8. The number of carboxylic acids is 1. The Hall–Kier alpha value is -0.840. The number of rotatable bonds is 13. The molecule has 0 aliphatic rings. The van der Waals surface area contributed by atoms with E-state index >= 15 is 0 Å². The summed E-state index contributed by atoms with van der Waals surface area (Å²) in [6.07, 6.45) is 7.40. The van der Waals surface area contributed by atoms with E-state index in [0.29, 0.717) is 24.2 Å². The van der Waals surface area contributed by atoms with E-state index in [0.717, 1.165) is 25.7 Å². The molecule has 0 heterocycles. The first-order valence-electron chi connectivity index (χ1n) is 9.09. The van der Waals surface area contributed by atoms with Crippen molar-refractivity contribution in [1.29, 1.82) is 0 Å². The Morgan fingerprint density at radius 1 is 0.960 bits per heavy atom. The van der Waals surface area contributed by atoms with Gasteiger partial charge < -0.3 is 14.6 Å². The minimum atomic E-state index is -1.19. The average Bonchev–Trinajstić information content (AvgIpc) is 2.57. The van der Waals surface area contributed by atoms with Crippen LogP contribution in [0.25, 0.3) is 0 Å². The third kappa shape index (κ3) is 10.0. The number of carbonyl (C=O) groups excluding carboxylic acids is 2. The Kier molecular flexibility index (Phi) is 13.9. The third-order valence-corrected chi connectivity index (χ3v) is 4.01. The molecule has 1 unspecified atom stereocenters. The van der Waals surface area contributed by atoms with Crippen LogP contribution in [-0.2, 0) is 4.79 Å². The first-order chi connectivity index (χ1) is 11.6. The fraction of sp³-hybridized carbons (Fsp3) is 0.600. The van der Waals surface area contributed by atoms with Gasteiger partial charge in [0.15, 0.2) is 5.78 Å². The maximum Gasteiger partial charge on any atom is 1.00 e. The van der Waals surface area contributed by atoms with Gasteiger partial charge in [0.1, 0.15) is 11.9 Å². The normalized spacial score (nSPS) is 11.4. The molecule has 5 heteroatoms. The van der Waals surface area contributed by atoms with Crippen LogP contribution in [0.3, 0.4) is 0 Å². The van der Waals surface area contributed by atoms with Crippen LogP contribution in [0.1, 0.15) is 82.0 Å². The van der Waals surface area contributed by atoms with Gasteiger partial charge in [-0.25, -0.2) is 0 Å². The smallest absolute Gasteiger partial charge is 0.546 e. The molecule has 4 nitrogen and oxygen atoms in total. The minimum Gasteiger partial charge on any atom is -0.546 e. The molecule has 1 atom stereocenters. The Balaban J connectivity index is 0.00000576. The zero-order valence-electron chi connectivity index (χ0n) is 15.9. The summed E-state index contributed by atoms with van der Waals surface area (Å²) in [4.78, 5) is 23.0. The number of ether oxygens (including phenoxy) is 1. The Labute approximate surface area is 173 Å². The third-order valence-electron chi connectivity index (χ3n) is 4.01. The van der Waals surface area contributed by atoms with Gasteiger partial charge >= 0.3 is 29.6 Å². The quantitative estimate of drug-likeness (QED) is 0.299. The summed E-state index contributed by atoms with van der Waals surface area (Å²) in [6.45, 7) is 4.13. The number of unbranched alkanes of at least 4 members (excludes halogenated alkanes) is 5. The van der Waals surface area contributed by atoms with Crippen LogP contribution in [0.2, 0.25) is 0 Å². The molecule has 0 fully saturated rings. The van der Waals surface area contributed by atoms with Crippen LogP contribution < -0.4 is 39.4 Å². The van der Waals surface area contributed by atoms with E-state index in [9.17, 15) is 14.7 Å². The molecule has 0 aromatic heterocycles. The summed E-state index contributed by atoms with van der Waals surface area (Å²) in [5, 5.41) is 11.2. The Bertz CT molecular complexity index is 499. The molecule has 0 saturated heterocycles. The predicted octanol–water partition coefficient (Wildman–Crippen LogP) is 0.921. The number of aliphatic carboxylic acids is 1. The molecule has 134 valence electrons. The van der Waals surface area contributed by atoms with E-state index in [-0.39, 0.29) is 35.3 Å². The van der Waals surface area contributed by atoms with E-state index in [1.807, 2.05) is 6.92 Å². The number of benzene rings is 1. The predicted molar refractivity (Wildman–Crippen MR) is 93.1 cm³/mol. The molecule has 0 radical (unpaired) electrons. The zero-order valence-corrected chi connectivity index (χ0v) is 17.9. The molecule has 0 spiro atoms. The van der Waals surface area contributed by atoms with Gasteiger partial charge in [-0.05, 0) is 43.5 Å². The van der Waals surface area contributed by atoms with Gasteiger partial charge in [0.2, 0.25) is 0 Å². The molecular weight excluding hydrogens is 327 g/mol. The second-order valence-electron chi connectivity index (χ2n) is 6.18. The summed E-state index contributed by atoms with van der Waals surface area (Å²) in [6, 6.07) is 6.68. The SMILES string of the molecule is CCCCCCCCC(Oc1ccc(C(=O)CCC)cc1)C(=O)[O-].[Na+]. The molecule has 0 amide bonds. The fourth-order valence-electron chi connectivity index (χ4n) is 2.59. The van der Waals surface area contributed by atoms with Crippen LogP contribution >= 0.6 is 0 Å². The van der Waals surface area contributed by atoms with E-state index in [1.54, 1.807) is 24.3 Å². The average molecular weight is 356 g/mol. The molecule has 0 aliphatic carbocycles. The van der Waals surface area contributed by atoms with Crippen molar-refractivity contribution in [2.45, 2.75) is 77.7 Å². The van der Waals surface area contributed by atoms with Crippen molar-refractivity contribution in [2.24, 2.45) is 0 Å². The fourth-order valence-corrected chi connectivity index (χ4v) is 2.59. The zero-order chi connectivity index (χ0) is 17.8. The van der Waals surface area contributed by atoms with Crippen molar-refractivity contribution in [1.82, 2.24) is 0 Å². The van der Waals surface area contributed by atoms with Crippen molar-refractivity contribution >= 4 is 11.8 Å². The molecule has 0 bridgehead atoms. The van der Waals surface area contributed by atoms with E-state index < -0.39 is 12.1 Å². The summed E-state index contributed by atoms with van der Waals surface area (Å²) in [5.41, 5.74) is 0.630. The first-order valence-corrected chi connectivity index (χ1v) is 9.09. The number of carboxylic acid groups (broad SMARTS) is 1. The summed E-state index contributed by atoms with van der Waals surface area (Å²) in [5.74, 6) is -0.634. The number of hydrogen-bond acceptors (Lipinski definition) is 4. The second-order valence-corrected chi connectivity index (χ2v) is 6.18. The van der Waals surface area contributed by atoms with Crippen LogP contribution in [0.5, 0.6) is 5.75 Å². The van der Waals surface area contributed by atoms with Crippen LogP contribution in [0, 0.1) is 0 Å². The number of hydrogen-bond donors (Lipinski definition) is 0. The number of Topliss-reactive ketones (excluding diaryl/α,β-unsaturated/α-hetero) is 1. The van der Waals surface area contributed by atoms with Crippen LogP contribution in [0.4, 0.5) is 0 Å².